The van der Waals surface area contributed by atoms with E-state index in [0.29, 0.717) is 29.5 Å². The van der Waals surface area contributed by atoms with Crippen LogP contribution in [0.2, 0.25) is 0 Å². The van der Waals surface area contributed by atoms with Crippen LogP contribution in [0, 0.1) is 5.92 Å². The standard InChI is InChI=1S/C19H19N3O3S/c1-12(2)10-18(23)20-13-5-7-14(8-6-13)21-19(24)15-11-16(25-22-15)17-4-3-9-26-17/h3-9,11-12H,10H2,1-2H3,(H,20,23)(H,21,24). The molecule has 6 nitrogen and oxygen atoms in total. The number of hydrogen-bond acceptors (Lipinski definition) is 5. The van der Waals surface area contributed by atoms with Gasteiger partial charge in [0.1, 0.15) is 0 Å². The van der Waals surface area contributed by atoms with Crippen LogP contribution in [-0.2, 0) is 4.79 Å². The summed E-state index contributed by atoms with van der Waals surface area (Å²) < 4.78 is 5.21. The van der Waals surface area contributed by atoms with Crippen molar-refractivity contribution in [1.82, 2.24) is 5.16 Å². The lowest BCUT2D eigenvalue weighted by molar-refractivity contribution is -0.116. The van der Waals surface area contributed by atoms with Crippen molar-refractivity contribution < 1.29 is 14.1 Å². The summed E-state index contributed by atoms with van der Waals surface area (Å²) in [6, 6.07) is 12.4. The highest BCUT2D eigenvalue weighted by atomic mass is 32.1. The van der Waals surface area contributed by atoms with Crippen LogP contribution in [0.1, 0.15) is 30.8 Å². The molecule has 0 atom stereocenters. The maximum absolute atomic E-state index is 12.3. The van der Waals surface area contributed by atoms with Crippen LogP contribution in [0.3, 0.4) is 0 Å². The Kier molecular flexibility index (Phi) is 5.48. The van der Waals surface area contributed by atoms with Crippen LogP contribution in [0.15, 0.2) is 52.4 Å². The lowest BCUT2D eigenvalue weighted by Crippen LogP contribution is -2.14. The number of nitrogens with one attached hydrogen (secondary N) is 2. The largest absolute Gasteiger partial charge is 0.355 e. The first kappa shape index (κ1) is 17.9. The molecule has 0 unspecified atom stereocenters. The minimum atomic E-state index is -0.354. The van der Waals surface area contributed by atoms with Gasteiger partial charge in [-0.25, -0.2) is 0 Å². The summed E-state index contributed by atoms with van der Waals surface area (Å²) in [6.45, 7) is 3.98. The third-order valence-corrected chi connectivity index (χ3v) is 4.41. The molecule has 3 rings (SSSR count). The first-order chi connectivity index (χ1) is 12.5. The minimum Gasteiger partial charge on any atom is -0.355 e. The Balaban J connectivity index is 1.60. The van der Waals surface area contributed by atoms with Crippen molar-refractivity contribution in [1.29, 1.82) is 0 Å². The predicted octanol–water partition coefficient (Wildman–Crippen LogP) is 4.64. The fourth-order valence-electron chi connectivity index (χ4n) is 2.33. The van der Waals surface area contributed by atoms with Gasteiger partial charge in [-0.2, -0.15) is 0 Å². The highest BCUT2D eigenvalue weighted by Crippen LogP contribution is 2.25. The van der Waals surface area contributed by atoms with Crippen LogP contribution < -0.4 is 10.6 Å². The molecule has 3 aromatic rings. The molecule has 0 aliphatic rings. The minimum absolute atomic E-state index is 0.0273. The summed E-state index contributed by atoms with van der Waals surface area (Å²) in [5.74, 6) is 0.483. The highest BCUT2D eigenvalue weighted by molar-refractivity contribution is 7.13. The van der Waals surface area contributed by atoms with Gasteiger partial charge in [-0.3, -0.25) is 9.59 Å². The summed E-state index contributed by atoms with van der Waals surface area (Å²) in [6.07, 6.45) is 0.469. The second kappa shape index (κ2) is 7.97. The highest BCUT2D eigenvalue weighted by Gasteiger charge is 2.14. The van der Waals surface area contributed by atoms with Gasteiger partial charge >= 0.3 is 0 Å². The molecule has 0 fully saturated rings. The van der Waals surface area contributed by atoms with Gasteiger partial charge in [0.05, 0.1) is 4.88 Å². The van der Waals surface area contributed by atoms with E-state index in [2.05, 4.69) is 15.8 Å². The molecule has 0 saturated carbocycles. The Labute approximate surface area is 155 Å². The zero-order chi connectivity index (χ0) is 18.5. The number of hydrogen-bond donors (Lipinski definition) is 2. The van der Waals surface area contributed by atoms with E-state index in [-0.39, 0.29) is 17.5 Å². The maximum atomic E-state index is 12.3. The molecule has 134 valence electrons. The second-order valence-corrected chi connectivity index (χ2v) is 7.18. The molecule has 2 N–H and O–H groups in total. The van der Waals surface area contributed by atoms with Crippen LogP contribution in [0.4, 0.5) is 11.4 Å². The average molecular weight is 369 g/mol. The third kappa shape index (κ3) is 4.58. The Morgan fingerprint density at radius 1 is 1.12 bits per heavy atom. The fraction of sp³-hybridized carbons (Fsp3) is 0.211. The quantitative estimate of drug-likeness (QED) is 0.663. The summed E-state index contributed by atoms with van der Waals surface area (Å²) in [7, 11) is 0. The summed E-state index contributed by atoms with van der Waals surface area (Å²) in [5.41, 5.74) is 1.51. The van der Waals surface area contributed by atoms with Crippen molar-refractivity contribution in [3.8, 4) is 10.6 Å². The fourth-order valence-corrected chi connectivity index (χ4v) is 3.01. The van der Waals surface area contributed by atoms with Crippen LogP contribution >= 0.6 is 11.3 Å². The smallest absolute Gasteiger partial charge is 0.277 e. The van der Waals surface area contributed by atoms with E-state index < -0.39 is 0 Å². The molecule has 0 radical (unpaired) electrons. The first-order valence-corrected chi connectivity index (χ1v) is 9.11. The zero-order valence-corrected chi connectivity index (χ0v) is 15.3. The van der Waals surface area contributed by atoms with Gasteiger partial charge < -0.3 is 15.2 Å². The number of rotatable bonds is 6. The Hall–Kier alpha value is -2.93. The van der Waals surface area contributed by atoms with Crippen molar-refractivity contribution in [2.24, 2.45) is 5.92 Å². The molecular formula is C19H19N3O3S. The molecule has 2 heterocycles. The molecule has 1 aromatic carbocycles. The van der Waals surface area contributed by atoms with Crippen molar-refractivity contribution >= 4 is 34.5 Å². The van der Waals surface area contributed by atoms with E-state index in [1.807, 2.05) is 31.4 Å². The normalized spacial score (nSPS) is 10.7. The summed E-state index contributed by atoms with van der Waals surface area (Å²) in [5, 5.41) is 11.3. The molecule has 0 spiro atoms. The topological polar surface area (TPSA) is 84.2 Å². The van der Waals surface area contributed by atoms with E-state index in [1.54, 1.807) is 30.3 Å². The van der Waals surface area contributed by atoms with Crippen molar-refractivity contribution in [3.05, 3.63) is 53.5 Å². The third-order valence-electron chi connectivity index (χ3n) is 3.53. The van der Waals surface area contributed by atoms with E-state index in [0.717, 1.165) is 4.88 Å². The molecule has 2 amide bonds. The summed E-state index contributed by atoms with van der Waals surface area (Å²) >= 11 is 1.51. The lowest BCUT2D eigenvalue weighted by atomic mass is 10.1. The van der Waals surface area contributed by atoms with Crippen molar-refractivity contribution in [2.45, 2.75) is 20.3 Å². The molecule has 26 heavy (non-hydrogen) atoms. The number of aromatic nitrogens is 1. The number of carbonyl (C=O) groups is 2. The van der Waals surface area contributed by atoms with Crippen LogP contribution in [0.25, 0.3) is 10.6 Å². The van der Waals surface area contributed by atoms with Crippen molar-refractivity contribution in [2.75, 3.05) is 10.6 Å². The SMILES string of the molecule is CC(C)CC(=O)Nc1ccc(NC(=O)c2cc(-c3cccs3)on2)cc1. The molecule has 0 aliphatic carbocycles. The number of benzene rings is 1. The maximum Gasteiger partial charge on any atom is 0.277 e. The number of anilines is 2. The molecule has 2 aromatic heterocycles. The molecular weight excluding hydrogens is 350 g/mol. The van der Waals surface area contributed by atoms with Gasteiger partial charge in [-0.1, -0.05) is 25.1 Å². The second-order valence-electron chi connectivity index (χ2n) is 6.23. The Morgan fingerprint density at radius 2 is 1.81 bits per heavy atom. The number of carbonyl (C=O) groups excluding carboxylic acids is 2. The lowest BCUT2D eigenvalue weighted by Gasteiger charge is -2.08. The van der Waals surface area contributed by atoms with Gasteiger partial charge in [0.25, 0.3) is 5.91 Å². The van der Waals surface area contributed by atoms with Gasteiger partial charge in [0.15, 0.2) is 11.5 Å². The molecule has 0 aliphatic heterocycles. The Bertz CT molecular complexity index is 883. The van der Waals surface area contributed by atoms with Crippen molar-refractivity contribution in [3.63, 3.8) is 0 Å². The van der Waals surface area contributed by atoms with Crippen LogP contribution in [0.5, 0.6) is 0 Å². The number of nitrogens with zero attached hydrogens (tertiary/aromatic N) is 1. The average Bonchev–Trinajstić information content (AvgIpc) is 3.27. The van der Waals surface area contributed by atoms with E-state index in [4.69, 9.17) is 4.52 Å². The number of thiophene rings is 1. The molecule has 0 saturated heterocycles. The molecule has 7 heteroatoms. The van der Waals surface area contributed by atoms with E-state index >= 15 is 0 Å². The predicted molar refractivity (Wildman–Crippen MR) is 102 cm³/mol. The van der Waals surface area contributed by atoms with Crippen LogP contribution in [-0.4, -0.2) is 17.0 Å². The zero-order valence-electron chi connectivity index (χ0n) is 14.5. The van der Waals surface area contributed by atoms with Gasteiger partial charge in [-0.05, 0) is 41.6 Å². The molecule has 0 bridgehead atoms. The summed E-state index contributed by atoms with van der Waals surface area (Å²) in [4.78, 5) is 25.0. The van der Waals surface area contributed by atoms with Gasteiger partial charge in [-0.15, -0.1) is 11.3 Å². The number of amides is 2. The van der Waals surface area contributed by atoms with Gasteiger partial charge in [0.2, 0.25) is 5.91 Å². The Morgan fingerprint density at radius 3 is 2.42 bits per heavy atom. The first-order valence-electron chi connectivity index (χ1n) is 8.23. The van der Waals surface area contributed by atoms with Gasteiger partial charge in [0, 0.05) is 23.9 Å². The monoisotopic (exact) mass is 369 g/mol. The van der Waals surface area contributed by atoms with E-state index in [1.165, 1.54) is 11.3 Å². The van der Waals surface area contributed by atoms with E-state index in [9.17, 15) is 9.59 Å².